The number of benzene rings is 1. The number of aliphatic hydroxyl groups is 2. The van der Waals surface area contributed by atoms with E-state index in [0.717, 1.165) is 38.0 Å². The summed E-state index contributed by atoms with van der Waals surface area (Å²) in [6.45, 7) is 2.92. The van der Waals surface area contributed by atoms with Crippen LogP contribution in [0.15, 0.2) is 48.8 Å². The maximum atomic E-state index is 13.3. The number of ether oxygens (including phenoxy) is 1. The van der Waals surface area contributed by atoms with Crippen molar-refractivity contribution in [2.75, 3.05) is 32.8 Å². The summed E-state index contributed by atoms with van der Waals surface area (Å²) >= 11 is 6.27. The lowest BCUT2D eigenvalue weighted by atomic mass is 9.74. The molecule has 1 spiro atoms. The molecule has 9 heteroatoms. The number of esters is 1. The number of aliphatic hydroxyl groups excluding tert-OH is 2. The highest BCUT2D eigenvalue weighted by atomic mass is 35.5. The number of rotatable bonds is 4. The van der Waals surface area contributed by atoms with Gasteiger partial charge in [-0.3, -0.25) is 19.5 Å². The van der Waals surface area contributed by atoms with E-state index in [1.165, 1.54) is 5.56 Å². The summed E-state index contributed by atoms with van der Waals surface area (Å²) in [5, 5.41) is 21.5. The van der Waals surface area contributed by atoms with Gasteiger partial charge in [-0.25, -0.2) is 0 Å². The SMILES string of the molecule is O=C(Cc1ccccc1Cl)N1CCCCC2(CCN(Cc3ccncc3)CC2)C(=O)OC[C@@H](O)[C@@H](O)CC1. The number of hydrogen-bond acceptors (Lipinski definition) is 7. The number of halogens is 1. The number of carbonyl (C=O) groups is 2. The molecule has 0 saturated carbocycles. The van der Waals surface area contributed by atoms with E-state index in [0.29, 0.717) is 37.4 Å². The van der Waals surface area contributed by atoms with Crippen molar-refractivity contribution in [3.63, 3.8) is 0 Å². The molecule has 8 nitrogen and oxygen atoms in total. The van der Waals surface area contributed by atoms with Crippen LogP contribution >= 0.6 is 11.6 Å². The number of nitrogens with zero attached hydrogens (tertiary/aromatic N) is 3. The van der Waals surface area contributed by atoms with Crippen molar-refractivity contribution in [1.82, 2.24) is 14.8 Å². The minimum absolute atomic E-state index is 0.0684. The van der Waals surface area contributed by atoms with E-state index in [9.17, 15) is 19.8 Å². The summed E-state index contributed by atoms with van der Waals surface area (Å²) in [6, 6.07) is 11.3. The molecule has 4 rings (SSSR count). The van der Waals surface area contributed by atoms with Crippen LogP contribution in [-0.2, 0) is 27.3 Å². The van der Waals surface area contributed by atoms with Gasteiger partial charge < -0.3 is 19.8 Å². The van der Waals surface area contributed by atoms with Gasteiger partial charge in [0.2, 0.25) is 5.91 Å². The van der Waals surface area contributed by atoms with Gasteiger partial charge in [-0.2, -0.15) is 0 Å². The Morgan fingerprint density at radius 1 is 1.00 bits per heavy atom. The molecule has 38 heavy (non-hydrogen) atoms. The first-order valence-electron chi connectivity index (χ1n) is 13.5. The first-order chi connectivity index (χ1) is 18.4. The average Bonchev–Trinajstić information content (AvgIpc) is 2.94. The molecule has 2 aliphatic heterocycles. The van der Waals surface area contributed by atoms with E-state index < -0.39 is 17.6 Å². The zero-order valence-electron chi connectivity index (χ0n) is 21.8. The highest BCUT2D eigenvalue weighted by molar-refractivity contribution is 6.31. The van der Waals surface area contributed by atoms with Crippen molar-refractivity contribution in [2.24, 2.45) is 5.41 Å². The fourth-order valence-corrected chi connectivity index (χ4v) is 5.59. The lowest BCUT2D eigenvalue weighted by Gasteiger charge is -2.40. The third-order valence-electron chi connectivity index (χ3n) is 7.91. The van der Waals surface area contributed by atoms with Crippen LogP contribution in [0.2, 0.25) is 5.02 Å². The fourth-order valence-electron chi connectivity index (χ4n) is 5.39. The van der Waals surface area contributed by atoms with Crippen LogP contribution in [0.5, 0.6) is 0 Å². The minimum atomic E-state index is -1.20. The molecule has 206 valence electrons. The molecule has 0 unspecified atom stereocenters. The van der Waals surface area contributed by atoms with Crippen LogP contribution in [0, 0.1) is 5.41 Å². The summed E-state index contributed by atoms with van der Waals surface area (Å²) < 4.78 is 5.58. The number of pyridine rings is 1. The molecule has 2 aromatic rings. The van der Waals surface area contributed by atoms with Crippen LogP contribution in [0.1, 0.15) is 49.7 Å². The maximum absolute atomic E-state index is 13.3. The van der Waals surface area contributed by atoms with Gasteiger partial charge in [0.25, 0.3) is 0 Å². The van der Waals surface area contributed by atoms with Crippen molar-refractivity contribution in [3.05, 3.63) is 64.9 Å². The van der Waals surface area contributed by atoms with E-state index in [4.69, 9.17) is 16.3 Å². The predicted molar refractivity (Wildman–Crippen MR) is 144 cm³/mol. The third kappa shape index (κ3) is 7.53. The highest BCUT2D eigenvalue weighted by Crippen LogP contribution is 2.38. The molecule has 2 saturated heterocycles. The smallest absolute Gasteiger partial charge is 0.312 e. The molecule has 2 fully saturated rings. The second-order valence-electron chi connectivity index (χ2n) is 10.5. The Morgan fingerprint density at radius 2 is 1.74 bits per heavy atom. The Labute approximate surface area is 229 Å². The molecule has 0 radical (unpaired) electrons. The van der Waals surface area contributed by atoms with Crippen molar-refractivity contribution in [3.8, 4) is 0 Å². The zero-order valence-corrected chi connectivity index (χ0v) is 22.6. The molecular formula is C29H38ClN3O5. The number of piperidine rings is 1. The maximum Gasteiger partial charge on any atom is 0.312 e. The molecule has 1 aromatic heterocycles. The third-order valence-corrected chi connectivity index (χ3v) is 8.28. The second kappa shape index (κ2) is 13.5. The lowest BCUT2D eigenvalue weighted by molar-refractivity contribution is -0.165. The standard InChI is InChI=1S/C29H38ClN3O5/c30-24-6-2-1-5-23(24)19-27(36)33-15-4-3-10-29(28(37)38-21-26(35)25(34)9-16-33)11-17-32(18-12-29)20-22-7-13-31-14-8-22/h1-2,5-8,13-14,25-26,34-35H,3-4,9-12,15-21H2/t25-,26+/m0/s1. The van der Waals surface area contributed by atoms with Crippen molar-refractivity contribution in [2.45, 2.75) is 63.7 Å². The fraction of sp³-hybridized carbons (Fsp3) is 0.552. The normalized spacial score (nSPS) is 23.7. The summed E-state index contributed by atoms with van der Waals surface area (Å²) in [5.74, 6) is -0.362. The molecule has 0 bridgehead atoms. The highest BCUT2D eigenvalue weighted by Gasteiger charge is 2.42. The van der Waals surface area contributed by atoms with Crippen LogP contribution in [0.25, 0.3) is 0 Å². The first-order valence-corrected chi connectivity index (χ1v) is 13.9. The van der Waals surface area contributed by atoms with Crippen LogP contribution in [0.3, 0.4) is 0 Å². The molecule has 2 aliphatic rings. The molecule has 1 aromatic carbocycles. The van der Waals surface area contributed by atoms with Gasteiger partial charge in [0.05, 0.1) is 17.9 Å². The summed E-state index contributed by atoms with van der Waals surface area (Å²) in [7, 11) is 0. The summed E-state index contributed by atoms with van der Waals surface area (Å²) in [4.78, 5) is 34.6. The largest absolute Gasteiger partial charge is 0.462 e. The molecule has 2 N–H and O–H groups in total. The van der Waals surface area contributed by atoms with E-state index >= 15 is 0 Å². The number of aromatic nitrogens is 1. The Balaban J connectivity index is 1.41. The second-order valence-corrected chi connectivity index (χ2v) is 10.9. The van der Waals surface area contributed by atoms with E-state index in [-0.39, 0.29) is 31.3 Å². The summed E-state index contributed by atoms with van der Waals surface area (Å²) in [6.07, 6.45) is 5.17. The van der Waals surface area contributed by atoms with Gasteiger partial charge in [-0.05, 0) is 74.5 Å². The van der Waals surface area contributed by atoms with Gasteiger partial charge in [0.15, 0.2) is 0 Å². The van der Waals surface area contributed by atoms with Gasteiger partial charge in [-0.15, -0.1) is 0 Å². The van der Waals surface area contributed by atoms with Crippen LogP contribution in [-0.4, -0.2) is 81.9 Å². The first kappa shape index (κ1) is 28.5. The average molecular weight is 544 g/mol. The number of cyclic esters (lactones) is 1. The zero-order chi connectivity index (χ0) is 27.0. The van der Waals surface area contributed by atoms with Crippen LogP contribution < -0.4 is 0 Å². The van der Waals surface area contributed by atoms with E-state index in [1.54, 1.807) is 23.4 Å². The monoisotopic (exact) mass is 543 g/mol. The number of amides is 1. The van der Waals surface area contributed by atoms with Gasteiger partial charge in [0, 0.05) is 37.1 Å². The molecule has 2 atom stereocenters. The predicted octanol–water partition coefficient (Wildman–Crippen LogP) is 3.23. The summed E-state index contributed by atoms with van der Waals surface area (Å²) in [5.41, 5.74) is 1.33. The van der Waals surface area contributed by atoms with Crippen LogP contribution in [0.4, 0.5) is 0 Å². The Morgan fingerprint density at radius 3 is 2.47 bits per heavy atom. The van der Waals surface area contributed by atoms with E-state index in [2.05, 4.69) is 9.88 Å². The molecule has 3 heterocycles. The van der Waals surface area contributed by atoms with Gasteiger partial charge >= 0.3 is 5.97 Å². The number of likely N-dealkylation sites (tertiary alicyclic amines) is 1. The Bertz CT molecular complexity index is 1060. The minimum Gasteiger partial charge on any atom is -0.462 e. The molecule has 0 aliphatic carbocycles. The van der Waals surface area contributed by atoms with Crippen molar-refractivity contribution < 1.29 is 24.5 Å². The lowest BCUT2D eigenvalue weighted by Crippen LogP contribution is -2.45. The number of hydrogen-bond donors (Lipinski definition) is 2. The quantitative estimate of drug-likeness (QED) is 0.571. The number of carbonyl (C=O) groups excluding carboxylic acids is 2. The Kier molecular flexibility index (Phi) is 10.1. The van der Waals surface area contributed by atoms with Gasteiger partial charge in [-0.1, -0.05) is 36.2 Å². The molecule has 1 amide bonds. The van der Waals surface area contributed by atoms with E-state index in [1.807, 2.05) is 30.3 Å². The molecular weight excluding hydrogens is 506 g/mol. The Hall–Kier alpha value is -2.52. The topological polar surface area (TPSA) is 103 Å². The van der Waals surface area contributed by atoms with Gasteiger partial charge in [0.1, 0.15) is 12.7 Å². The van der Waals surface area contributed by atoms with Crippen molar-refractivity contribution in [1.29, 1.82) is 0 Å². The van der Waals surface area contributed by atoms with Crippen molar-refractivity contribution >= 4 is 23.5 Å².